The summed E-state index contributed by atoms with van der Waals surface area (Å²) in [6.45, 7) is 0. The Morgan fingerprint density at radius 1 is 1.37 bits per heavy atom. The Morgan fingerprint density at radius 2 is 2.22 bits per heavy atom. The number of amides is 1. The highest BCUT2D eigenvalue weighted by Crippen LogP contribution is 2.35. The fraction of sp³-hybridized carbons (Fsp3) is 0.278. The zero-order valence-electron chi connectivity index (χ0n) is 15.2. The van der Waals surface area contributed by atoms with Crippen LogP contribution in [0.15, 0.2) is 45.1 Å². The SMILES string of the molecule is CN=CN(C(=O)c1cc2c(N(C)C)ncnc2s1)C1=CCC2N=CSC2=C1. The molecular formula is C18H18N6OS2. The predicted octanol–water partition coefficient (Wildman–Crippen LogP) is 3.17. The minimum absolute atomic E-state index is 0.126. The van der Waals surface area contributed by atoms with Crippen molar-refractivity contribution in [2.75, 3.05) is 26.0 Å². The highest BCUT2D eigenvalue weighted by atomic mass is 32.2. The minimum Gasteiger partial charge on any atom is -0.362 e. The Kier molecular flexibility index (Phi) is 4.79. The molecule has 0 saturated carbocycles. The minimum atomic E-state index is -0.126. The largest absolute Gasteiger partial charge is 0.362 e. The average molecular weight is 399 g/mol. The molecule has 1 aliphatic heterocycles. The van der Waals surface area contributed by atoms with E-state index in [9.17, 15) is 4.79 Å². The van der Waals surface area contributed by atoms with Gasteiger partial charge in [0.15, 0.2) is 0 Å². The number of anilines is 1. The first-order valence-electron chi connectivity index (χ1n) is 8.36. The van der Waals surface area contributed by atoms with Gasteiger partial charge in [-0.05, 0) is 18.6 Å². The van der Waals surface area contributed by atoms with Gasteiger partial charge < -0.3 is 4.90 Å². The molecule has 0 saturated heterocycles. The molecule has 0 aromatic carbocycles. The lowest BCUT2D eigenvalue weighted by Crippen LogP contribution is -2.29. The first-order valence-corrected chi connectivity index (χ1v) is 10.1. The summed E-state index contributed by atoms with van der Waals surface area (Å²) in [5, 5.41) is 0.875. The molecule has 0 radical (unpaired) electrons. The quantitative estimate of drug-likeness (QED) is 0.584. The van der Waals surface area contributed by atoms with Crippen LogP contribution in [-0.4, -0.2) is 59.8 Å². The maximum atomic E-state index is 13.3. The van der Waals surface area contributed by atoms with E-state index in [1.165, 1.54) is 17.7 Å². The van der Waals surface area contributed by atoms with Gasteiger partial charge in [0.2, 0.25) is 0 Å². The fourth-order valence-electron chi connectivity index (χ4n) is 3.00. The molecule has 27 heavy (non-hydrogen) atoms. The third-order valence-electron chi connectivity index (χ3n) is 4.27. The third-order valence-corrected chi connectivity index (χ3v) is 6.19. The first kappa shape index (κ1) is 17.9. The second kappa shape index (κ2) is 7.24. The van der Waals surface area contributed by atoms with Gasteiger partial charge in [-0.3, -0.25) is 19.7 Å². The number of hydrogen-bond acceptors (Lipinski definition) is 8. The van der Waals surface area contributed by atoms with Gasteiger partial charge in [-0.25, -0.2) is 9.97 Å². The first-order chi connectivity index (χ1) is 13.1. The molecule has 1 amide bonds. The molecule has 1 atom stereocenters. The molecule has 0 spiro atoms. The van der Waals surface area contributed by atoms with Crippen molar-refractivity contribution in [2.24, 2.45) is 9.98 Å². The van der Waals surface area contributed by atoms with Crippen LogP contribution in [-0.2, 0) is 0 Å². The van der Waals surface area contributed by atoms with E-state index in [0.29, 0.717) is 4.88 Å². The van der Waals surface area contributed by atoms with E-state index in [-0.39, 0.29) is 11.9 Å². The Balaban J connectivity index is 1.70. The van der Waals surface area contributed by atoms with E-state index in [0.717, 1.165) is 33.1 Å². The molecular weight excluding hydrogens is 380 g/mol. The standard InChI is InChI=1S/C18H18N6OS2/c1-19-9-24(11-4-5-13-14(6-11)26-10-22-13)18(25)15-7-12-16(23(2)3)20-8-21-17(12)27-15/h4,6-10,13H,5H2,1-3H3. The van der Waals surface area contributed by atoms with Crippen molar-refractivity contribution in [3.63, 3.8) is 0 Å². The molecule has 0 fully saturated rings. The van der Waals surface area contributed by atoms with Crippen LogP contribution in [0.1, 0.15) is 16.1 Å². The van der Waals surface area contributed by atoms with Gasteiger partial charge in [0.25, 0.3) is 5.91 Å². The number of aliphatic imine (C=N–C) groups is 2. The summed E-state index contributed by atoms with van der Waals surface area (Å²) in [5.74, 6) is 0.672. The van der Waals surface area contributed by atoms with Crippen LogP contribution in [0.2, 0.25) is 0 Å². The Bertz CT molecular complexity index is 1020. The molecule has 1 unspecified atom stereocenters. The molecule has 0 N–H and O–H groups in total. The monoisotopic (exact) mass is 398 g/mol. The number of thiophene rings is 1. The van der Waals surface area contributed by atoms with E-state index >= 15 is 0 Å². The van der Waals surface area contributed by atoms with E-state index in [2.05, 4.69) is 20.0 Å². The lowest BCUT2D eigenvalue weighted by molar-refractivity contribution is 0.0888. The topological polar surface area (TPSA) is 74.1 Å². The number of aromatic nitrogens is 2. The van der Waals surface area contributed by atoms with Gasteiger partial charge >= 0.3 is 0 Å². The smallest absolute Gasteiger partial charge is 0.273 e. The zero-order chi connectivity index (χ0) is 19.0. The third kappa shape index (κ3) is 3.28. The van der Waals surface area contributed by atoms with Gasteiger partial charge in [0.1, 0.15) is 17.0 Å². The number of hydrogen-bond donors (Lipinski definition) is 0. The summed E-state index contributed by atoms with van der Waals surface area (Å²) in [4.78, 5) is 36.5. The van der Waals surface area contributed by atoms with Gasteiger partial charge in [-0.1, -0.05) is 17.8 Å². The van der Waals surface area contributed by atoms with Crippen molar-refractivity contribution < 1.29 is 4.79 Å². The Hall–Kier alpha value is -2.52. The second-order valence-electron chi connectivity index (χ2n) is 6.27. The number of carbonyl (C=O) groups is 1. The maximum absolute atomic E-state index is 13.3. The molecule has 1 aliphatic carbocycles. The van der Waals surface area contributed by atoms with E-state index < -0.39 is 0 Å². The molecule has 4 rings (SSSR count). The number of thioether (sulfide) groups is 1. The van der Waals surface area contributed by atoms with E-state index in [4.69, 9.17) is 0 Å². The molecule has 2 aliphatic rings. The number of carbonyl (C=O) groups excluding carboxylic acids is 1. The lowest BCUT2D eigenvalue weighted by Gasteiger charge is -2.22. The number of nitrogens with zero attached hydrogens (tertiary/aromatic N) is 6. The molecule has 2 aromatic rings. The van der Waals surface area contributed by atoms with Crippen molar-refractivity contribution in [3.8, 4) is 0 Å². The fourth-order valence-corrected chi connectivity index (χ4v) is 4.77. The summed E-state index contributed by atoms with van der Waals surface area (Å²) in [7, 11) is 5.51. The molecule has 7 nitrogen and oxygen atoms in total. The molecule has 2 aromatic heterocycles. The van der Waals surface area contributed by atoms with Crippen LogP contribution in [0.4, 0.5) is 5.82 Å². The van der Waals surface area contributed by atoms with Crippen LogP contribution in [0.25, 0.3) is 10.2 Å². The van der Waals surface area contributed by atoms with Crippen LogP contribution in [0.5, 0.6) is 0 Å². The predicted molar refractivity (Wildman–Crippen MR) is 113 cm³/mol. The summed E-state index contributed by atoms with van der Waals surface area (Å²) in [6, 6.07) is 2.05. The lowest BCUT2D eigenvalue weighted by atomic mass is 10.1. The van der Waals surface area contributed by atoms with Crippen molar-refractivity contribution in [1.29, 1.82) is 0 Å². The van der Waals surface area contributed by atoms with Crippen LogP contribution >= 0.6 is 23.1 Å². The summed E-state index contributed by atoms with van der Waals surface area (Å²) < 4.78 is 0. The number of fused-ring (bicyclic) bond motifs is 2. The van der Waals surface area contributed by atoms with Crippen molar-refractivity contribution >= 4 is 56.9 Å². The normalized spacial score (nSPS) is 18.6. The van der Waals surface area contributed by atoms with Gasteiger partial charge in [-0.2, -0.15) is 0 Å². The van der Waals surface area contributed by atoms with Gasteiger partial charge in [0, 0.05) is 31.7 Å². The summed E-state index contributed by atoms with van der Waals surface area (Å²) in [5.41, 5.74) is 2.69. The van der Waals surface area contributed by atoms with Crippen molar-refractivity contribution in [1.82, 2.24) is 14.9 Å². The molecule has 0 bridgehead atoms. The van der Waals surface area contributed by atoms with Crippen LogP contribution in [0.3, 0.4) is 0 Å². The molecule has 3 heterocycles. The zero-order valence-corrected chi connectivity index (χ0v) is 16.8. The van der Waals surface area contributed by atoms with Crippen LogP contribution in [0, 0.1) is 0 Å². The van der Waals surface area contributed by atoms with Crippen LogP contribution < -0.4 is 4.90 Å². The Labute approximate surface area is 165 Å². The van der Waals surface area contributed by atoms with Crippen molar-refractivity contribution in [2.45, 2.75) is 12.5 Å². The number of allylic oxidation sites excluding steroid dienone is 1. The Morgan fingerprint density at radius 3 is 3.00 bits per heavy atom. The van der Waals surface area contributed by atoms with Gasteiger partial charge in [-0.15, -0.1) is 11.3 Å². The highest BCUT2D eigenvalue weighted by molar-refractivity contribution is 8.15. The van der Waals surface area contributed by atoms with E-state index in [1.54, 1.807) is 30.0 Å². The molecule has 138 valence electrons. The number of rotatable bonds is 4. The summed E-state index contributed by atoms with van der Waals surface area (Å²) in [6.07, 6.45) is 7.93. The molecule has 9 heteroatoms. The maximum Gasteiger partial charge on any atom is 0.273 e. The van der Waals surface area contributed by atoms with Crippen molar-refractivity contribution in [3.05, 3.63) is 40.0 Å². The second-order valence-corrected chi connectivity index (χ2v) is 8.22. The summed E-state index contributed by atoms with van der Waals surface area (Å²) >= 11 is 2.97. The average Bonchev–Trinajstić information content (AvgIpc) is 3.30. The van der Waals surface area contributed by atoms with Gasteiger partial charge in [0.05, 0.1) is 28.2 Å². The van der Waals surface area contributed by atoms with E-state index in [1.807, 2.05) is 42.8 Å². The highest BCUT2D eigenvalue weighted by Gasteiger charge is 2.26.